The molecule has 9 nitrogen and oxygen atoms in total. The van der Waals surface area contributed by atoms with Crippen molar-refractivity contribution in [1.29, 1.82) is 0 Å². The lowest BCUT2D eigenvalue weighted by atomic mass is 10.1. The SMILES string of the molecule is COc1ccc(C(C)=NNC(=O)COc2ccc([N+](=O)[O-])cc2Br)cc1OC. The van der Waals surface area contributed by atoms with Gasteiger partial charge >= 0.3 is 0 Å². The van der Waals surface area contributed by atoms with Crippen LogP contribution in [0.2, 0.25) is 0 Å². The van der Waals surface area contributed by atoms with Gasteiger partial charge in [-0.2, -0.15) is 5.10 Å². The fourth-order valence-corrected chi connectivity index (χ4v) is 2.65. The number of hydrogen-bond acceptors (Lipinski definition) is 7. The van der Waals surface area contributed by atoms with Crippen LogP contribution in [0.1, 0.15) is 12.5 Å². The molecule has 2 aromatic rings. The second-order valence-corrected chi connectivity index (χ2v) is 6.32. The largest absolute Gasteiger partial charge is 0.493 e. The number of nitrogens with one attached hydrogen (secondary N) is 1. The molecule has 0 spiro atoms. The van der Waals surface area contributed by atoms with Crippen molar-refractivity contribution < 1.29 is 23.9 Å². The molecular weight excluding hydrogens is 434 g/mol. The molecular formula is C18H18BrN3O6. The smallest absolute Gasteiger partial charge is 0.277 e. The van der Waals surface area contributed by atoms with E-state index < -0.39 is 10.8 Å². The number of nitro benzene ring substituents is 1. The number of rotatable bonds is 8. The van der Waals surface area contributed by atoms with Crippen molar-refractivity contribution in [2.45, 2.75) is 6.92 Å². The minimum atomic E-state index is -0.521. The van der Waals surface area contributed by atoms with E-state index in [1.165, 1.54) is 25.3 Å². The van der Waals surface area contributed by atoms with Crippen LogP contribution in [0, 0.1) is 10.1 Å². The van der Waals surface area contributed by atoms with Crippen molar-refractivity contribution in [3.05, 3.63) is 56.5 Å². The number of benzene rings is 2. The Labute approximate surface area is 169 Å². The van der Waals surface area contributed by atoms with E-state index in [1.54, 1.807) is 32.2 Å². The van der Waals surface area contributed by atoms with E-state index >= 15 is 0 Å². The Morgan fingerprint density at radius 3 is 2.43 bits per heavy atom. The standard InChI is InChI=1S/C18H18BrN3O6/c1-11(12-4-6-16(26-2)17(8-12)27-3)20-21-18(23)10-28-15-7-5-13(22(24)25)9-14(15)19/h4-9H,10H2,1-3H3,(H,21,23). The molecule has 0 saturated heterocycles. The number of nitro groups is 1. The highest BCUT2D eigenvalue weighted by atomic mass is 79.9. The summed E-state index contributed by atoms with van der Waals surface area (Å²) in [4.78, 5) is 22.2. The van der Waals surface area contributed by atoms with Crippen molar-refractivity contribution in [1.82, 2.24) is 5.43 Å². The lowest BCUT2D eigenvalue weighted by Crippen LogP contribution is -2.25. The predicted octanol–water partition coefficient (Wildman–Crippen LogP) is 3.29. The van der Waals surface area contributed by atoms with Gasteiger partial charge in [0.2, 0.25) is 0 Å². The first-order valence-corrected chi connectivity index (χ1v) is 8.77. The number of carbonyl (C=O) groups excluding carboxylic acids is 1. The highest BCUT2D eigenvalue weighted by Gasteiger charge is 2.11. The average Bonchev–Trinajstić information content (AvgIpc) is 2.70. The first kappa shape index (κ1) is 21.2. The minimum Gasteiger partial charge on any atom is -0.493 e. The van der Waals surface area contributed by atoms with Crippen LogP contribution in [-0.2, 0) is 4.79 Å². The van der Waals surface area contributed by atoms with E-state index in [-0.39, 0.29) is 12.3 Å². The predicted molar refractivity (Wildman–Crippen MR) is 106 cm³/mol. The molecule has 2 aromatic carbocycles. The molecule has 0 aliphatic carbocycles. The van der Waals surface area contributed by atoms with Crippen molar-refractivity contribution in [2.24, 2.45) is 5.10 Å². The number of nitrogens with zero attached hydrogens (tertiary/aromatic N) is 2. The highest BCUT2D eigenvalue weighted by Crippen LogP contribution is 2.29. The van der Waals surface area contributed by atoms with Gasteiger partial charge in [0.25, 0.3) is 11.6 Å². The first-order chi connectivity index (χ1) is 13.3. The Morgan fingerprint density at radius 1 is 1.14 bits per heavy atom. The van der Waals surface area contributed by atoms with E-state index in [0.717, 1.165) is 5.56 Å². The Bertz CT molecular complexity index is 916. The number of hydrazone groups is 1. The molecule has 10 heteroatoms. The van der Waals surface area contributed by atoms with Crippen LogP contribution in [0.25, 0.3) is 0 Å². The third-order valence-corrected chi connectivity index (χ3v) is 4.25. The van der Waals surface area contributed by atoms with Crippen LogP contribution in [0.4, 0.5) is 5.69 Å². The summed E-state index contributed by atoms with van der Waals surface area (Å²) in [6.07, 6.45) is 0. The van der Waals surface area contributed by atoms with Gasteiger partial charge in [0.1, 0.15) is 5.75 Å². The third kappa shape index (κ3) is 5.43. The molecule has 0 saturated carbocycles. The molecule has 0 heterocycles. The van der Waals surface area contributed by atoms with Gasteiger partial charge in [0.15, 0.2) is 18.1 Å². The molecule has 0 atom stereocenters. The summed E-state index contributed by atoms with van der Waals surface area (Å²) in [7, 11) is 3.07. The lowest BCUT2D eigenvalue weighted by molar-refractivity contribution is -0.384. The summed E-state index contributed by atoms with van der Waals surface area (Å²) in [5.74, 6) is 0.962. The molecule has 0 unspecified atom stereocenters. The van der Waals surface area contributed by atoms with Gasteiger partial charge in [0, 0.05) is 17.7 Å². The molecule has 0 aromatic heterocycles. The molecule has 0 aliphatic rings. The van der Waals surface area contributed by atoms with Crippen LogP contribution >= 0.6 is 15.9 Å². The van der Waals surface area contributed by atoms with E-state index in [4.69, 9.17) is 14.2 Å². The summed E-state index contributed by atoms with van der Waals surface area (Å²) >= 11 is 3.17. The Morgan fingerprint density at radius 2 is 1.82 bits per heavy atom. The number of hydrogen-bond donors (Lipinski definition) is 1. The molecule has 0 fully saturated rings. The number of ether oxygens (including phenoxy) is 3. The zero-order valence-electron chi connectivity index (χ0n) is 15.4. The van der Waals surface area contributed by atoms with Gasteiger partial charge in [0.05, 0.1) is 29.3 Å². The van der Waals surface area contributed by atoms with Gasteiger partial charge in [-0.05, 0) is 47.1 Å². The van der Waals surface area contributed by atoms with Crippen molar-refractivity contribution in [3.8, 4) is 17.2 Å². The Balaban J connectivity index is 1.97. The van der Waals surface area contributed by atoms with E-state index in [2.05, 4.69) is 26.5 Å². The van der Waals surface area contributed by atoms with Crippen molar-refractivity contribution in [3.63, 3.8) is 0 Å². The number of non-ortho nitro benzene ring substituents is 1. The number of carbonyl (C=O) groups is 1. The van der Waals surface area contributed by atoms with E-state index in [0.29, 0.717) is 27.4 Å². The Hall–Kier alpha value is -3.14. The number of methoxy groups -OCH3 is 2. The second-order valence-electron chi connectivity index (χ2n) is 5.46. The zero-order chi connectivity index (χ0) is 20.7. The summed E-state index contributed by atoms with van der Waals surface area (Å²) in [6.45, 7) is 1.43. The summed E-state index contributed by atoms with van der Waals surface area (Å²) < 4.78 is 16.1. The summed E-state index contributed by atoms with van der Waals surface area (Å²) in [5.41, 5.74) is 3.62. The van der Waals surface area contributed by atoms with Gasteiger partial charge in [-0.25, -0.2) is 5.43 Å². The van der Waals surface area contributed by atoms with Crippen molar-refractivity contribution in [2.75, 3.05) is 20.8 Å². The van der Waals surface area contributed by atoms with E-state index in [9.17, 15) is 14.9 Å². The molecule has 2 rings (SSSR count). The second kappa shape index (κ2) is 9.70. The maximum atomic E-state index is 12.0. The van der Waals surface area contributed by atoms with Crippen LogP contribution in [-0.4, -0.2) is 37.4 Å². The molecule has 0 aliphatic heterocycles. The molecule has 0 bridgehead atoms. The highest BCUT2D eigenvalue weighted by molar-refractivity contribution is 9.10. The van der Waals surface area contributed by atoms with Crippen LogP contribution < -0.4 is 19.6 Å². The fourth-order valence-electron chi connectivity index (χ4n) is 2.17. The van der Waals surface area contributed by atoms with Gasteiger partial charge < -0.3 is 14.2 Å². The molecule has 1 amide bonds. The molecule has 1 N–H and O–H groups in total. The normalized spacial score (nSPS) is 10.9. The summed E-state index contributed by atoms with van der Waals surface area (Å²) in [6, 6.07) is 9.27. The maximum absolute atomic E-state index is 12.0. The number of halogens is 1. The topological polar surface area (TPSA) is 112 Å². The van der Waals surface area contributed by atoms with Gasteiger partial charge in [-0.1, -0.05) is 0 Å². The quantitative estimate of drug-likeness (QED) is 0.374. The fraction of sp³-hybridized carbons (Fsp3) is 0.222. The molecule has 28 heavy (non-hydrogen) atoms. The van der Waals surface area contributed by atoms with Gasteiger partial charge in [-0.3, -0.25) is 14.9 Å². The van der Waals surface area contributed by atoms with Crippen molar-refractivity contribution >= 4 is 33.2 Å². The Kier molecular flexibility index (Phi) is 7.33. The van der Waals surface area contributed by atoms with Crippen LogP contribution in [0.15, 0.2) is 46.0 Å². The third-order valence-electron chi connectivity index (χ3n) is 3.63. The molecule has 148 valence electrons. The van der Waals surface area contributed by atoms with Gasteiger partial charge in [-0.15, -0.1) is 0 Å². The first-order valence-electron chi connectivity index (χ1n) is 7.98. The van der Waals surface area contributed by atoms with E-state index in [1.807, 2.05) is 0 Å². The molecule has 0 radical (unpaired) electrons. The summed E-state index contributed by atoms with van der Waals surface area (Å²) in [5, 5.41) is 14.8. The average molecular weight is 452 g/mol. The van der Waals surface area contributed by atoms with Crippen LogP contribution in [0.5, 0.6) is 17.2 Å². The minimum absolute atomic E-state index is 0.0844. The number of amides is 1. The lowest BCUT2D eigenvalue weighted by Gasteiger charge is -2.10. The zero-order valence-corrected chi connectivity index (χ0v) is 17.0. The van der Waals surface area contributed by atoms with Crippen LogP contribution in [0.3, 0.4) is 0 Å². The maximum Gasteiger partial charge on any atom is 0.277 e. The monoisotopic (exact) mass is 451 g/mol.